The van der Waals surface area contributed by atoms with Gasteiger partial charge in [-0.25, -0.2) is 0 Å². The maximum absolute atomic E-state index is 11.9. The van der Waals surface area contributed by atoms with E-state index in [1.165, 1.54) is 0 Å². The SMILES string of the molecule is C#CC1CCN(C(=O)C(F)(F)F)C1. The highest BCUT2D eigenvalue weighted by atomic mass is 19.4. The number of hydrogen-bond acceptors (Lipinski definition) is 1. The first-order chi connectivity index (χ1) is 5.95. The Bertz CT molecular complexity index is 253. The Kier molecular flexibility index (Phi) is 2.50. The minimum Gasteiger partial charge on any atom is -0.334 e. The fraction of sp³-hybridized carbons (Fsp3) is 0.625. The predicted octanol–water partition coefficient (Wildman–Crippen LogP) is 1.03. The Balaban J connectivity index is 2.58. The Hall–Kier alpha value is -1.18. The Morgan fingerprint density at radius 2 is 2.15 bits per heavy atom. The second-order valence-corrected chi connectivity index (χ2v) is 2.90. The lowest BCUT2D eigenvalue weighted by molar-refractivity contribution is -0.184. The van der Waals surface area contributed by atoms with Crippen molar-refractivity contribution in [3.05, 3.63) is 0 Å². The quantitative estimate of drug-likeness (QED) is 0.524. The van der Waals surface area contributed by atoms with Crippen LogP contribution in [0.4, 0.5) is 13.2 Å². The topological polar surface area (TPSA) is 20.3 Å². The van der Waals surface area contributed by atoms with E-state index in [0.717, 1.165) is 4.90 Å². The number of alkyl halides is 3. The Morgan fingerprint density at radius 1 is 1.54 bits per heavy atom. The molecule has 1 atom stereocenters. The van der Waals surface area contributed by atoms with Crippen molar-refractivity contribution in [1.82, 2.24) is 4.90 Å². The smallest absolute Gasteiger partial charge is 0.334 e. The molecule has 72 valence electrons. The van der Waals surface area contributed by atoms with E-state index >= 15 is 0 Å². The summed E-state index contributed by atoms with van der Waals surface area (Å²) in [4.78, 5) is 11.4. The van der Waals surface area contributed by atoms with Gasteiger partial charge in [0.15, 0.2) is 0 Å². The third kappa shape index (κ3) is 2.14. The molecule has 5 heteroatoms. The lowest BCUT2D eigenvalue weighted by atomic mass is 10.1. The molecule has 0 radical (unpaired) electrons. The van der Waals surface area contributed by atoms with Gasteiger partial charge >= 0.3 is 12.1 Å². The summed E-state index contributed by atoms with van der Waals surface area (Å²) < 4.78 is 35.7. The van der Waals surface area contributed by atoms with Crippen LogP contribution in [-0.2, 0) is 4.79 Å². The fourth-order valence-corrected chi connectivity index (χ4v) is 1.26. The highest BCUT2D eigenvalue weighted by Crippen LogP contribution is 2.23. The summed E-state index contributed by atoms with van der Waals surface area (Å²) in [5.74, 6) is 0.322. The Morgan fingerprint density at radius 3 is 2.54 bits per heavy atom. The van der Waals surface area contributed by atoms with Crippen molar-refractivity contribution in [1.29, 1.82) is 0 Å². The maximum atomic E-state index is 11.9. The Labute approximate surface area is 73.7 Å². The zero-order valence-electron chi connectivity index (χ0n) is 6.77. The molecule has 1 aliphatic rings. The molecular formula is C8H8F3NO. The molecule has 0 aromatic carbocycles. The largest absolute Gasteiger partial charge is 0.471 e. The normalized spacial score (nSPS) is 22.9. The molecule has 1 aliphatic heterocycles. The van der Waals surface area contributed by atoms with E-state index in [0.29, 0.717) is 6.42 Å². The number of amides is 1. The average Bonchev–Trinajstić information content (AvgIpc) is 2.48. The molecule has 13 heavy (non-hydrogen) atoms. The van der Waals surface area contributed by atoms with Gasteiger partial charge in [-0.1, -0.05) is 0 Å². The van der Waals surface area contributed by atoms with Crippen molar-refractivity contribution in [2.24, 2.45) is 5.92 Å². The van der Waals surface area contributed by atoms with Gasteiger partial charge in [0.2, 0.25) is 0 Å². The van der Waals surface area contributed by atoms with Gasteiger partial charge in [-0.05, 0) is 6.42 Å². The molecule has 0 aliphatic carbocycles. The summed E-state index contributed by atoms with van der Waals surface area (Å²) in [7, 11) is 0. The van der Waals surface area contributed by atoms with E-state index in [1.54, 1.807) is 0 Å². The molecule has 0 bridgehead atoms. The molecule has 0 spiro atoms. The van der Waals surface area contributed by atoms with Gasteiger partial charge in [0.1, 0.15) is 0 Å². The molecule has 1 heterocycles. The third-order valence-electron chi connectivity index (χ3n) is 1.95. The summed E-state index contributed by atoms with van der Waals surface area (Å²) >= 11 is 0. The zero-order chi connectivity index (χ0) is 10.1. The number of terminal acetylenes is 1. The molecule has 0 saturated carbocycles. The van der Waals surface area contributed by atoms with Crippen LogP contribution in [-0.4, -0.2) is 30.1 Å². The van der Waals surface area contributed by atoms with Crippen LogP contribution < -0.4 is 0 Å². The van der Waals surface area contributed by atoms with E-state index in [1.807, 2.05) is 0 Å². The number of carbonyl (C=O) groups excluding carboxylic acids is 1. The van der Waals surface area contributed by atoms with Crippen molar-refractivity contribution in [2.75, 3.05) is 13.1 Å². The lowest BCUT2D eigenvalue weighted by Crippen LogP contribution is -2.39. The summed E-state index contributed by atoms with van der Waals surface area (Å²) in [5, 5.41) is 0. The molecule has 1 rings (SSSR count). The summed E-state index contributed by atoms with van der Waals surface area (Å²) in [5.41, 5.74) is 0. The van der Waals surface area contributed by atoms with E-state index in [2.05, 4.69) is 5.92 Å². The number of halogens is 3. The van der Waals surface area contributed by atoms with Crippen molar-refractivity contribution in [3.63, 3.8) is 0 Å². The number of carbonyl (C=O) groups is 1. The number of nitrogens with zero attached hydrogens (tertiary/aromatic N) is 1. The molecule has 1 amide bonds. The van der Waals surface area contributed by atoms with Crippen molar-refractivity contribution < 1.29 is 18.0 Å². The predicted molar refractivity (Wildman–Crippen MR) is 39.6 cm³/mol. The molecule has 1 unspecified atom stereocenters. The van der Waals surface area contributed by atoms with Gasteiger partial charge < -0.3 is 4.90 Å². The van der Waals surface area contributed by atoms with Crippen molar-refractivity contribution in [3.8, 4) is 12.3 Å². The van der Waals surface area contributed by atoms with E-state index in [4.69, 9.17) is 6.42 Å². The average molecular weight is 191 g/mol. The molecule has 1 fully saturated rings. The monoisotopic (exact) mass is 191 g/mol. The van der Waals surface area contributed by atoms with Crippen LogP contribution in [0.25, 0.3) is 0 Å². The molecule has 0 N–H and O–H groups in total. The first-order valence-corrected chi connectivity index (χ1v) is 3.77. The lowest BCUT2D eigenvalue weighted by Gasteiger charge is -2.16. The van der Waals surface area contributed by atoms with Crippen LogP contribution in [0.1, 0.15) is 6.42 Å². The zero-order valence-corrected chi connectivity index (χ0v) is 6.77. The number of rotatable bonds is 0. The van der Waals surface area contributed by atoms with Crippen molar-refractivity contribution >= 4 is 5.91 Å². The third-order valence-corrected chi connectivity index (χ3v) is 1.95. The molecule has 1 saturated heterocycles. The van der Waals surface area contributed by atoms with Gasteiger partial charge in [0, 0.05) is 19.0 Å². The molecular weight excluding hydrogens is 183 g/mol. The summed E-state index contributed by atoms with van der Waals surface area (Å²) in [6.45, 7) is 0.127. The van der Waals surface area contributed by atoms with Crippen LogP contribution in [0.2, 0.25) is 0 Å². The molecule has 0 aromatic heterocycles. The van der Waals surface area contributed by atoms with Crippen LogP contribution in [0.5, 0.6) is 0 Å². The van der Waals surface area contributed by atoms with Crippen LogP contribution in [0.15, 0.2) is 0 Å². The summed E-state index contributed by atoms with van der Waals surface area (Å²) in [6, 6.07) is 0. The van der Waals surface area contributed by atoms with Crippen LogP contribution >= 0.6 is 0 Å². The second-order valence-electron chi connectivity index (χ2n) is 2.90. The van der Waals surface area contributed by atoms with E-state index < -0.39 is 12.1 Å². The molecule has 2 nitrogen and oxygen atoms in total. The number of likely N-dealkylation sites (tertiary alicyclic amines) is 1. The van der Waals surface area contributed by atoms with Gasteiger partial charge in [0.25, 0.3) is 0 Å². The second kappa shape index (κ2) is 3.29. The van der Waals surface area contributed by atoms with Gasteiger partial charge in [-0.15, -0.1) is 12.3 Å². The maximum Gasteiger partial charge on any atom is 0.471 e. The first-order valence-electron chi connectivity index (χ1n) is 3.77. The van der Waals surface area contributed by atoms with E-state index in [9.17, 15) is 18.0 Å². The number of hydrogen-bond donors (Lipinski definition) is 0. The molecule has 0 aromatic rings. The minimum absolute atomic E-state index is 0.0227. The standard InChI is InChI=1S/C8H8F3NO/c1-2-6-3-4-12(5-6)7(13)8(9,10)11/h1,6H,3-5H2. The highest BCUT2D eigenvalue weighted by Gasteiger charge is 2.44. The highest BCUT2D eigenvalue weighted by molar-refractivity contribution is 5.82. The van der Waals surface area contributed by atoms with Gasteiger partial charge in [-0.3, -0.25) is 4.79 Å². The van der Waals surface area contributed by atoms with E-state index in [-0.39, 0.29) is 19.0 Å². The summed E-state index contributed by atoms with van der Waals surface area (Å²) in [6.07, 6.45) is 0.718. The van der Waals surface area contributed by atoms with Crippen LogP contribution in [0.3, 0.4) is 0 Å². The minimum atomic E-state index is -4.77. The fourth-order valence-electron chi connectivity index (χ4n) is 1.26. The van der Waals surface area contributed by atoms with Gasteiger partial charge in [0.05, 0.1) is 0 Å². The first kappa shape index (κ1) is 9.90. The van der Waals surface area contributed by atoms with Crippen LogP contribution in [0, 0.1) is 18.3 Å². The van der Waals surface area contributed by atoms with Crippen molar-refractivity contribution in [2.45, 2.75) is 12.6 Å². The van der Waals surface area contributed by atoms with Gasteiger partial charge in [-0.2, -0.15) is 13.2 Å².